The molecule has 0 bridgehead atoms. The maximum absolute atomic E-state index is 10.3. The summed E-state index contributed by atoms with van der Waals surface area (Å²) < 4.78 is 0. The number of thiophene rings is 1. The Hall–Kier alpha value is -2.01. The van der Waals surface area contributed by atoms with Crippen LogP contribution in [0, 0.1) is 0 Å². The molecule has 1 N–H and O–H groups in total. The number of hydrogen-bond acceptors (Lipinski definition) is 5. The molecule has 0 atom stereocenters. The molecule has 0 radical (unpaired) electrons. The van der Waals surface area contributed by atoms with E-state index in [0.29, 0.717) is 5.82 Å². The Morgan fingerprint density at radius 3 is 2.70 bits per heavy atom. The number of aryl methyl sites for hydroxylation is 2. The third-order valence-electron chi connectivity index (χ3n) is 3.73. The summed E-state index contributed by atoms with van der Waals surface area (Å²) in [7, 11) is 0. The van der Waals surface area contributed by atoms with Crippen molar-refractivity contribution in [2.45, 2.75) is 25.7 Å². The molecule has 0 fully saturated rings. The highest BCUT2D eigenvalue weighted by atomic mass is 32.1. The summed E-state index contributed by atoms with van der Waals surface area (Å²) in [4.78, 5) is 15.2. The van der Waals surface area contributed by atoms with Gasteiger partial charge in [-0.3, -0.25) is 4.98 Å². The molecule has 0 aliphatic heterocycles. The minimum atomic E-state index is 0.112. The standard InChI is InChI=1S/C15H13N3OS/c19-14-12-10-3-1-2-4-11(10)20-15(12)18-13(17-14)9-5-7-16-8-6-9/h5-8H,1-4H2,(H,17,18,19). The van der Waals surface area contributed by atoms with Crippen molar-refractivity contribution in [2.75, 3.05) is 0 Å². The van der Waals surface area contributed by atoms with Gasteiger partial charge in [-0.05, 0) is 43.4 Å². The van der Waals surface area contributed by atoms with Crippen molar-refractivity contribution < 1.29 is 5.11 Å². The molecule has 3 heterocycles. The number of fused-ring (bicyclic) bond motifs is 3. The van der Waals surface area contributed by atoms with Gasteiger partial charge in [0.1, 0.15) is 4.83 Å². The van der Waals surface area contributed by atoms with Crippen molar-refractivity contribution >= 4 is 21.6 Å². The van der Waals surface area contributed by atoms with Crippen molar-refractivity contribution in [1.82, 2.24) is 15.0 Å². The molecule has 1 aliphatic rings. The van der Waals surface area contributed by atoms with Crippen molar-refractivity contribution in [3.8, 4) is 17.3 Å². The first-order valence-corrected chi connectivity index (χ1v) is 7.56. The number of aromatic nitrogens is 3. The van der Waals surface area contributed by atoms with Crippen molar-refractivity contribution in [3.05, 3.63) is 35.0 Å². The highest BCUT2D eigenvalue weighted by Gasteiger charge is 2.21. The van der Waals surface area contributed by atoms with Gasteiger partial charge in [-0.2, -0.15) is 4.98 Å². The third kappa shape index (κ3) is 1.78. The monoisotopic (exact) mass is 283 g/mol. The molecule has 0 aromatic carbocycles. The van der Waals surface area contributed by atoms with Crippen LogP contribution in [0.25, 0.3) is 21.6 Å². The first-order valence-electron chi connectivity index (χ1n) is 6.74. The first kappa shape index (κ1) is 11.8. The highest BCUT2D eigenvalue weighted by molar-refractivity contribution is 7.18. The van der Waals surface area contributed by atoms with Crippen molar-refractivity contribution in [2.24, 2.45) is 0 Å². The lowest BCUT2D eigenvalue weighted by molar-refractivity contribution is 0.459. The SMILES string of the molecule is Oc1nc(-c2ccncc2)nc2sc3c(c12)CCCC3. The Labute approximate surface area is 120 Å². The zero-order chi connectivity index (χ0) is 13.5. The van der Waals surface area contributed by atoms with E-state index in [4.69, 9.17) is 0 Å². The Morgan fingerprint density at radius 2 is 1.85 bits per heavy atom. The van der Waals surface area contributed by atoms with E-state index in [9.17, 15) is 5.11 Å². The van der Waals surface area contributed by atoms with Gasteiger partial charge >= 0.3 is 0 Å². The average molecular weight is 283 g/mol. The lowest BCUT2D eigenvalue weighted by Gasteiger charge is -2.10. The van der Waals surface area contributed by atoms with E-state index in [1.165, 1.54) is 23.3 Å². The lowest BCUT2D eigenvalue weighted by atomic mass is 9.97. The third-order valence-corrected chi connectivity index (χ3v) is 4.92. The molecule has 100 valence electrons. The molecule has 3 aromatic rings. The summed E-state index contributed by atoms with van der Waals surface area (Å²) in [6, 6.07) is 3.71. The molecule has 4 rings (SSSR count). The maximum Gasteiger partial charge on any atom is 0.223 e. The van der Waals surface area contributed by atoms with E-state index in [1.807, 2.05) is 12.1 Å². The van der Waals surface area contributed by atoms with E-state index in [-0.39, 0.29) is 5.88 Å². The number of nitrogens with zero attached hydrogens (tertiary/aromatic N) is 3. The first-order chi connectivity index (χ1) is 9.83. The van der Waals surface area contributed by atoms with E-state index in [0.717, 1.165) is 28.6 Å². The normalized spacial score (nSPS) is 14.4. The van der Waals surface area contributed by atoms with Gasteiger partial charge in [0.25, 0.3) is 0 Å². The van der Waals surface area contributed by atoms with Crippen LogP contribution in [0.5, 0.6) is 5.88 Å². The van der Waals surface area contributed by atoms with E-state index in [2.05, 4.69) is 15.0 Å². The maximum atomic E-state index is 10.3. The Kier molecular flexibility index (Phi) is 2.67. The molecule has 4 nitrogen and oxygen atoms in total. The fourth-order valence-corrected chi connectivity index (χ4v) is 4.02. The zero-order valence-electron chi connectivity index (χ0n) is 10.8. The van der Waals surface area contributed by atoms with Gasteiger partial charge in [0, 0.05) is 22.8 Å². The molecular formula is C15H13N3OS. The predicted octanol–water partition coefficient (Wildman–Crippen LogP) is 3.34. The van der Waals surface area contributed by atoms with Gasteiger partial charge in [0.15, 0.2) is 5.82 Å². The molecule has 5 heteroatoms. The second-order valence-corrected chi connectivity index (χ2v) is 6.08. The van der Waals surface area contributed by atoms with Crippen LogP contribution in [-0.2, 0) is 12.8 Å². The smallest absolute Gasteiger partial charge is 0.223 e. The van der Waals surface area contributed by atoms with Gasteiger partial charge < -0.3 is 5.11 Å². The second-order valence-electron chi connectivity index (χ2n) is 5.00. The topological polar surface area (TPSA) is 58.9 Å². The molecule has 0 unspecified atom stereocenters. The molecule has 0 saturated carbocycles. The van der Waals surface area contributed by atoms with Gasteiger partial charge in [0.05, 0.1) is 5.39 Å². The van der Waals surface area contributed by atoms with Crippen LogP contribution in [0.2, 0.25) is 0 Å². The molecule has 20 heavy (non-hydrogen) atoms. The van der Waals surface area contributed by atoms with Crippen LogP contribution in [0.3, 0.4) is 0 Å². The van der Waals surface area contributed by atoms with Crippen LogP contribution in [0.4, 0.5) is 0 Å². The fraction of sp³-hybridized carbons (Fsp3) is 0.267. The van der Waals surface area contributed by atoms with Crippen LogP contribution in [0.15, 0.2) is 24.5 Å². The largest absolute Gasteiger partial charge is 0.493 e. The van der Waals surface area contributed by atoms with Gasteiger partial charge in [-0.15, -0.1) is 11.3 Å². The molecule has 0 amide bonds. The van der Waals surface area contributed by atoms with E-state index < -0.39 is 0 Å². The van der Waals surface area contributed by atoms with Crippen LogP contribution < -0.4 is 0 Å². The number of pyridine rings is 1. The van der Waals surface area contributed by atoms with E-state index >= 15 is 0 Å². The van der Waals surface area contributed by atoms with Crippen LogP contribution >= 0.6 is 11.3 Å². The summed E-state index contributed by atoms with van der Waals surface area (Å²) in [6.45, 7) is 0. The summed E-state index contributed by atoms with van der Waals surface area (Å²) in [5, 5.41) is 11.2. The Bertz CT molecular complexity index is 783. The lowest BCUT2D eigenvalue weighted by Crippen LogP contribution is -1.98. The minimum absolute atomic E-state index is 0.112. The van der Waals surface area contributed by atoms with Crippen molar-refractivity contribution in [1.29, 1.82) is 0 Å². The summed E-state index contributed by atoms with van der Waals surface area (Å²) in [6.07, 6.45) is 7.95. The summed E-state index contributed by atoms with van der Waals surface area (Å²) >= 11 is 1.70. The summed E-state index contributed by atoms with van der Waals surface area (Å²) in [5.41, 5.74) is 2.14. The molecule has 0 spiro atoms. The fourth-order valence-electron chi connectivity index (χ4n) is 2.77. The van der Waals surface area contributed by atoms with Gasteiger partial charge in [-0.1, -0.05) is 0 Å². The van der Waals surface area contributed by atoms with Crippen LogP contribution in [0.1, 0.15) is 23.3 Å². The number of aromatic hydroxyl groups is 1. The van der Waals surface area contributed by atoms with Gasteiger partial charge in [-0.25, -0.2) is 4.98 Å². The summed E-state index contributed by atoms with van der Waals surface area (Å²) in [5.74, 6) is 0.678. The number of hydrogen-bond donors (Lipinski definition) is 1. The number of rotatable bonds is 1. The molecule has 1 aliphatic carbocycles. The van der Waals surface area contributed by atoms with Crippen molar-refractivity contribution in [3.63, 3.8) is 0 Å². The zero-order valence-corrected chi connectivity index (χ0v) is 11.7. The minimum Gasteiger partial charge on any atom is -0.493 e. The van der Waals surface area contributed by atoms with Crippen LogP contribution in [-0.4, -0.2) is 20.1 Å². The quantitative estimate of drug-likeness (QED) is 0.744. The second kappa shape index (κ2) is 4.52. The Balaban J connectivity index is 1.95. The molecule has 3 aromatic heterocycles. The Morgan fingerprint density at radius 1 is 1.05 bits per heavy atom. The van der Waals surface area contributed by atoms with Gasteiger partial charge in [0.2, 0.25) is 5.88 Å². The molecular weight excluding hydrogens is 270 g/mol. The predicted molar refractivity (Wildman–Crippen MR) is 79.0 cm³/mol. The average Bonchev–Trinajstić information content (AvgIpc) is 2.87. The van der Waals surface area contributed by atoms with E-state index in [1.54, 1.807) is 23.7 Å². The highest BCUT2D eigenvalue weighted by Crippen LogP contribution is 2.39. The molecule has 0 saturated heterocycles.